The third-order valence-electron chi connectivity index (χ3n) is 11.8. The molecule has 0 aromatic heterocycles. The number of phosphoric acid groups is 1. The molecule has 12 heteroatoms. The Morgan fingerprint density at radius 1 is 0.403 bits per heavy atom. The van der Waals surface area contributed by atoms with Crippen molar-refractivity contribution in [2.75, 3.05) is 26.4 Å². The molecular formula is C60H103O11P. The molecule has 2 N–H and O–H groups in total. The molecule has 0 aliphatic carbocycles. The van der Waals surface area contributed by atoms with E-state index in [0.717, 1.165) is 96.3 Å². The van der Waals surface area contributed by atoms with Crippen molar-refractivity contribution in [2.24, 2.45) is 0 Å². The van der Waals surface area contributed by atoms with Gasteiger partial charge in [-0.1, -0.05) is 228 Å². The van der Waals surface area contributed by atoms with Gasteiger partial charge in [0.05, 0.1) is 19.8 Å². The minimum atomic E-state index is -4.77. The summed E-state index contributed by atoms with van der Waals surface area (Å²) in [6.45, 7) is 4.33. The van der Waals surface area contributed by atoms with Gasteiger partial charge in [0.15, 0.2) is 6.10 Å². The maximum atomic E-state index is 12.9. The van der Waals surface area contributed by atoms with E-state index in [1.165, 1.54) is 83.5 Å². The Bertz CT molecular complexity index is 1530. The summed E-state index contributed by atoms with van der Waals surface area (Å²) >= 11 is 0. The predicted molar refractivity (Wildman–Crippen MR) is 298 cm³/mol. The lowest BCUT2D eigenvalue weighted by molar-refractivity contribution is -0.161. The van der Waals surface area contributed by atoms with Crippen LogP contribution in [0, 0.1) is 0 Å². The fourth-order valence-corrected chi connectivity index (χ4v) is 8.34. The number of unbranched alkanes of at least 4 members (excludes halogenated alkanes) is 21. The number of allylic oxidation sites excluding steroid dienone is 14. The highest BCUT2D eigenvalue weighted by Crippen LogP contribution is 2.43. The monoisotopic (exact) mass is 1030 g/mol. The summed E-state index contributed by atoms with van der Waals surface area (Å²) in [5, 5.41) is 9.78. The molecule has 0 rings (SSSR count). The molecule has 3 unspecified atom stereocenters. The second-order valence-corrected chi connectivity index (χ2v) is 20.1. The van der Waals surface area contributed by atoms with Crippen molar-refractivity contribution in [1.82, 2.24) is 0 Å². The van der Waals surface area contributed by atoms with Crippen LogP contribution in [0.4, 0.5) is 0 Å². The van der Waals surface area contributed by atoms with E-state index in [1.807, 2.05) is 12.2 Å². The Morgan fingerprint density at radius 2 is 0.750 bits per heavy atom. The molecule has 0 radical (unpaired) electrons. The van der Waals surface area contributed by atoms with Crippen molar-refractivity contribution in [3.8, 4) is 0 Å². The highest BCUT2D eigenvalue weighted by atomic mass is 31.2. The van der Waals surface area contributed by atoms with Crippen LogP contribution in [0.15, 0.2) is 85.1 Å². The molecule has 0 saturated carbocycles. The van der Waals surface area contributed by atoms with Crippen LogP contribution in [-0.4, -0.2) is 66.5 Å². The van der Waals surface area contributed by atoms with Gasteiger partial charge in [0.2, 0.25) is 0 Å². The van der Waals surface area contributed by atoms with Crippen LogP contribution in [0.3, 0.4) is 0 Å². The van der Waals surface area contributed by atoms with Crippen molar-refractivity contribution in [2.45, 2.75) is 251 Å². The molecule has 0 aromatic carbocycles. The molecule has 0 saturated heterocycles. The van der Waals surface area contributed by atoms with Crippen LogP contribution in [0.5, 0.6) is 0 Å². The third kappa shape index (κ3) is 51.6. The van der Waals surface area contributed by atoms with Crippen LogP contribution in [0.2, 0.25) is 0 Å². The average Bonchev–Trinajstić information content (AvgIpc) is 3.37. The molecule has 3 atom stereocenters. The van der Waals surface area contributed by atoms with E-state index in [0.29, 0.717) is 19.3 Å². The van der Waals surface area contributed by atoms with E-state index in [1.54, 1.807) is 0 Å². The largest absolute Gasteiger partial charge is 0.472 e. The van der Waals surface area contributed by atoms with Gasteiger partial charge in [0, 0.05) is 19.3 Å². The molecule has 0 heterocycles. The maximum absolute atomic E-state index is 12.9. The number of esters is 3. The molecule has 0 bridgehead atoms. The second-order valence-electron chi connectivity index (χ2n) is 18.7. The van der Waals surface area contributed by atoms with Crippen molar-refractivity contribution < 1.29 is 52.2 Å². The summed E-state index contributed by atoms with van der Waals surface area (Å²) in [4.78, 5) is 48.5. The zero-order chi connectivity index (χ0) is 52.7. The zero-order valence-corrected chi connectivity index (χ0v) is 46.5. The molecule has 0 fully saturated rings. The Balaban J connectivity index is 4.80. The first-order valence-electron chi connectivity index (χ1n) is 28.5. The van der Waals surface area contributed by atoms with Gasteiger partial charge in [-0.15, -0.1) is 0 Å². The summed E-state index contributed by atoms with van der Waals surface area (Å²) < 4.78 is 39.4. The minimum Gasteiger partial charge on any atom is -0.462 e. The summed E-state index contributed by atoms with van der Waals surface area (Å²) in [6.07, 6.45) is 61.3. The molecule has 0 aromatic rings. The maximum Gasteiger partial charge on any atom is 0.472 e. The topological polar surface area (TPSA) is 155 Å². The minimum absolute atomic E-state index is 0.0531. The van der Waals surface area contributed by atoms with Crippen LogP contribution in [0.25, 0.3) is 0 Å². The molecule has 72 heavy (non-hydrogen) atoms. The van der Waals surface area contributed by atoms with E-state index in [2.05, 4.69) is 93.7 Å². The number of aliphatic hydroxyl groups excluding tert-OH is 1. The van der Waals surface area contributed by atoms with E-state index in [4.69, 9.17) is 23.3 Å². The number of hydrogen-bond acceptors (Lipinski definition) is 10. The third-order valence-corrected chi connectivity index (χ3v) is 12.8. The van der Waals surface area contributed by atoms with Crippen molar-refractivity contribution >= 4 is 25.7 Å². The fourth-order valence-electron chi connectivity index (χ4n) is 7.56. The molecule has 0 spiro atoms. The molecule has 414 valence electrons. The van der Waals surface area contributed by atoms with Gasteiger partial charge in [-0.3, -0.25) is 23.4 Å². The first kappa shape index (κ1) is 68.7. The zero-order valence-electron chi connectivity index (χ0n) is 45.6. The SMILES string of the molecule is CC/C=C\C/C=C\C/C=C\C/C=C\CCC(=O)OC(CO)COP(=O)(O)OCC(COC(=O)CCCCCCC/C=C\C/C=C\C/C=C\CC)OC(=O)CCCCCCCCCCCCCCCCCCC. The van der Waals surface area contributed by atoms with Gasteiger partial charge in [-0.25, -0.2) is 4.57 Å². The van der Waals surface area contributed by atoms with E-state index < -0.39 is 57.8 Å². The Morgan fingerprint density at radius 3 is 1.19 bits per heavy atom. The summed E-state index contributed by atoms with van der Waals surface area (Å²) in [6, 6.07) is 0. The summed E-state index contributed by atoms with van der Waals surface area (Å²) in [7, 11) is -4.77. The van der Waals surface area contributed by atoms with E-state index >= 15 is 0 Å². The Hall–Kier alpha value is -3.34. The lowest BCUT2D eigenvalue weighted by Crippen LogP contribution is -2.30. The van der Waals surface area contributed by atoms with Crippen LogP contribution in [0.1, 0.15) is 239 Å². The lowest BCUT2D eigenvalue weighted by Gasteiger charge is -2.21. The molecular weight excluding hydrogens is 928 g/mol. The highest BCUT2D eigenvalue weighted by molar-refractivity contribution is 7.47. The van der Waals surface area contributed by atoms with Crippen LogP contribution in [-0.2, 0) is 42.2 Å². The van der Waals surface area contributed by atoms with Gasteiger partial charge < -0.3 is 24.2 Å². The summed E-state index contributed by atoms with van der Waals surface area (Å²) in [5.74, 6) is -1.57. The van der Waals surface area contributed by atoms with E-state index in [9.17, 15) is 28.9 Å². The number of carbonyl (C=O) groups excluding carboxylic acids is 3. The number of rotatable bonds is 52. The smallest absolute Gasteiger partial charge is 0.462 e. The van der Waals surface area contributed by atoms with Crippen molar-refractivity contribution in [1.29, 1.82) is 0 Å². The fraction of sp³-hybridized carbons (Fsp3) is 0.717. The number of phosphoric ester groups is 1. The van der Waals surface area contributed by atoms with E-state index in [-0.39, 0.29) is 25.9 Å². The second kappa shape index (κ2) is 53.9. The van der Waals surface area contributed by atoms with Gasteiger partial charge in [0.1, 0.15) is 12.7 Å². The Labute approximate surface area is 439 Å². The Kier molecular flexibility index (Phi) is 51.4. The van der Waals surface area contributed by atoms with Gasteiger partial charge in [-0.2, -0.15) is 0 Å². The van der Waals surface area contributed by atoms with Crippen molar-refractivity contribution in [3.63, 3.8) is 0 Å². The highest BCUT2D eigenvalue weighted by Gasteiger charge is 2.28. The number of carbonyl (C=O) groups is 3. The molecule has 11 nitrogen and oxygen atoms in total. The van der Waals surface area contributed by atoms with Gasteiger partial charge in [0.25, 0.3) is 0 Å². The number of hydrogen-bond donors (Lipinski definition) is 2. The lowest BCUT2D eigenvalue weighted by atomic mass is 10.0. The van der Waals surface area contributed by atoms with Gasteiger partial charge >= 0.3 is 25.7 Å². The van der Waals surface area contributed by atoms with Crippen LogP contribution >= 0.6 is 7.82 Å². The van der Waals surface area contributed by atoms with Gasteiger partial charge in [-0.05, 0) is 77.0 Å². The molecule has 0 amide bonds. The summed E-state index contributed by atoms with van der Waals surface area (Å²) in [5.41, 5.74) is 0. The molecule has 0 aliphatic heterocycles. The quantitative estimate of drug-likeness (QED) is 0.0197. The number of ether oxygens (including phenoxy) is 3. The molecule has 0 aliphatic rings. The predicted octanol–water partition coefficient (Wildman–Crippen LogP) is 16.7. The first-order valence-corrected chi connectivity index (χ1v) is 30.0. The first-order chi connectivity index (χ1) is 35.2. The number of aliphatic hydroxyl groups is 1. The van der Waals surface area contributed by atoms with Crippen molar-refractivity contribution in [3.05, 3.63) is 85.1 Å². The normalized spacial score (nSPS) is 14.0. The average molecular weight is 1030 g/mol. The standard InChI is InChI=1S/C60H103O11P/c1-4-7-10-13-16-19-22-25-27-28-30-33-36-39-42-45-48-51-60(64)71-57(53-67-58(62)49-46-43-40-37-34-32-29-26-23-20-17-14-11-8-5-2)55-69-72(65,66)68-54-56(52-61)70-59(63)50-47-44-41-38-35-31-24-21-18-15-12-9-6-3/h8-9,11-12,17-18,20-21,26,29,31,35,41,44,56-57,61H,4-7,10,13-16,19,22-25,27-28,30,32-34,36-40,42-43,45-55H2,1-3H3,(H,65,66)/b11-8-,12-9-,20-17-,21-18-,29-26-,35-31-,44-41-. The van der Waals surface area contributed by atoms with Crippen LogP contribution < -0.4 is 0 Å².